The van der Waals surface area contributed by atoms with Crippen LogP contribution in [-0.2, 0) is 16.6 Å². The zero-order valence-electron chi connectivity index (χ0n) is 22.0. The molecule has 2 aliphatic rings. The number of halogens is 3. The molecule has 1 saturated carbocycles. The summed E-state index contributed by atoms with van der Waals surface area (Å²) < 4.78 is 66.5. The third-order valence-electron chi connectivity index (χ3n) is 7.63. The highest BCUT2D eigenvalue weighted by atomic mass is 32.2. The van der Waals surface area contributed by atoms with E-state index in [4.69, 9.17) is 5.11 Å². The minimum Gasteiger partial charge on any atom is -0.395 e. The Morgan fingerprint density at radius 1 is 1.12 bits per heavy atom. The smallest absolute Gasteiger partial charge is 0.390 e. The van der Waals surface area contributed by atoms with E-state index in [2.05, 4.69) is 25.0 Å². The highest BCUT2D eigenvalue weighted by Crippen LogP contribution is 2.54. The molecule has 3 N–H and O–H groups in total. The minimum atomic E-state index is -4.35. The van der Waals surface area contributed by atoms with Crippen LogP contribution in [-0.4, -0.2) is 65.8 Å². The molecule has 0 bridgehead atoms. The predicted molar refractivity (Wildman–Crippen MR) is 145 cm³/mol. The topological polar surface area (TPSA) is 129 Å². The Kier molecular flexibility index (Phi) is 7.42. The van der Waals surface area contributed by atoms with Gasteiger partial charge in [-0.05, 0) is 68.4 Å². The number of piperidine rings is 1. The maximum absolute atomic E-state index is 13.5. The van der Waals surface area contributed by atoms with Crippen LogP contribution in [0.5, 0.6) is 0 Å². The number of nitrogens with zero attached hydrogens (tertiary/aromatic N) is 4. The van der Waals surface area contributed by atoms with Crippen LogP contribution in [0.15, 0.2) is 30.3 Å². The summed E-state index contributed by atoms with van der Waals surface area (Å²) in [4.78, 5) is 19.9. The van der Waals surface area contributed by atoms with Gasteiger partial charge in [-0.15, -0.1) is 0 Å². The van der Waals surface area contributed by atoms with E-state index in [9.17, 15) is 26.4 Å². The molecule has 40 heavy (non-hydrogen) atoms. The fraction of sp³-hybridized carbons (Fsp3) is 0.500. The number of amides is 1. The van der Waals surface area contributed by atoms with Gasteiger partial charge in [0.15, 0.2) is 5.65 Å². The van der Waals surface area contributed by atoms with Gasteiger partial charge in [0.1, 0.15) is 5.82 Å². The van der Waals surface area contributed by atoms with Gasteiger partial charge in [-0.3, -0.25) is 9.52 Å². The van der Waals surface area contributed by atoms with Gasteiger partial charge in [-0.25, -0.2) is 18.1 Å². The van der Waals surface area contributed by atoms with E-state index in [0.717, 1.165) is 25.9 Å². The van der Waals surface area contributed by atoms with Gasteiger partial charge in [0.2, 0.25) is 10.0 Å². The standard InChI is InChI=1S/C26H31F3N6O4S/c1-17-19-4-5-22(30-23(19)35(32-17)13-10-26(27,28)29)31-24(37)20-3-2-18(33-40(38,39)15-14-36)16-21(20)34-11-8-25(6-7-25)9-12-34/h2-5,16,33,36H,6-15H2,1H3,(H,30,31,37). The lowest BCUT2D eigenvalue weighted by atomic mass is 9.93. The van der Waals surface area contributed by atoms with E-state index < -0.39 is 47.4 Å². The average molecular weight is 581 g/mol. The molecule has 5 rings (SSSR count). The normalized spacial score (nSPS) is 16.9. The summed E-state index contributed by atoms with van der Waals surface area (Å²) in [5, 5.41) is 16.6. The summed E-state index contributed by atoms with van der Waals surface area (Å²) >= 11 is 0. The number of carbonyl (C=O) groups is 1. The molecule has 1 aliphatic carbocycles. The second-order valence-corrected chi connectivity index (χ2v) is 12.4. The fourth-order valence-electron chi connectivity index (χ4n) is 5.15. The van der Waals surface area contributed by atoms with Crippen LogP contribution in [0.2, 0.25) is 0 Å². The highest BCUT2D eigenvalue weighted by Gasteiger charge is 2.44. The molecule has 1 amide bonds. The number of hydrogen-bond donors (Lipinski definition) is 3. The molecule has 0 radical (unpaired) electrons. The lowest BCUT2D eigenvalue weighted by Gasteiger charge is -2.35. The molecule has 14 heteroatoms. The van der Waals surface area contributed by atoms with Gasteiger partial charge in [0.05, 0.1) is 48.0 Å². The summed E-state index contributed by atoms with van der Waals surface area (Å²) in [6.45, 7) is 2.19. The molecular weight excluding hydrogens is 549 g/mol. The Balaban J connectivity index is 1.42. The molecular formula is C26H31F3N6O4S. The average Bonchev–Trinajstić information content (AvgIpc) is 3.56. The number of aryl methyl sites for hydroxylation is 2. The Morgan fingerprint density at radius 3 is 2.50 bits per heavy atom. The summed E-state index contributed by atoms with van der Waals surface area (Å²) in [5.74, 6) is -0.791. The lowest BCUT2D eigenvalue weighted by Crippen LogP contribution is -2.35. The van der Waals surface area contributed by atoms with Crippen molar-refractivity contribution < 1.29 is 31.5 Å². The Bertz CT molecular complexity index is 1530. The van der Waals surface area contributed by atoms with Gasteiger partial charge < -0.3 is 15.3 Å². The van der Waals surface area contributed by atoms with Gasteiger partial charge >= 0.3 is 6.18 Å². The summed E-state index contributed by atoms with van der Waals surface area (Å²) in [7, 11) is -3.77. The van der Waals surface area contributed by atoms with Crippen molar-refractivity contribution in [1.82, 2.24) is 14.8 Å². The summed E-state index contributed by atoms with van der Waals surface area (Å²) in [5.41, 5.74) is 2.29. The van der Waals surface area contributed by atoms with Crippen molar-refractivity contribution in [3.05, 3.63) is 41.6 Å². The van der Waals surface area contributed by atoms with Crippen molar-refractivity contribution in [2.75, 3.05) is 40.4 Å². The molecule has 2 fully saturated rings. The van der Waals surface area contributed by atoms with Gasteiger partial charge in [-0.2, -0.15) is 18.3 Å². The number of aromatic nitrogens is 3. The number of anilines is 3. The summed E-state index contributed by atoms with van der Waals surface area (Å²) in [6.07, 6.45) is -1.05. The lowest BCUT2D eigenvalue weighted by molar-refractivity contribution is -0.137. The number of benzene rings is 1. The first-order chi connectivity index (χ1) is 18.9. The number of pyridine rings is 1. The highest BCUT2D eigenvalue weighted by molar-refractivity contribution is 7.92. The number of nitrogens with one attached hydrogen (secondary N) is 2. The molecule has 1 spiro atoms. The zero-order valence-corrected chi connectivity index (χ0v) is 22.8. The summed E-state index contributed by atoms with van der Waals surface area (Å²) in [6, 6.07) is 7.84. The second-order valence-electron chi connectivity index (χ2n) is 10.6. The number of alkyl halides is 3. The third-order valence-corrected chi connectivity index (χ3v) is 8.89. The molecule has 216 valence electrons. The van der Waals surface area contributed by atoms with Crippen LogP contribution in [0.1, 0.15) is 48.2 Å². The van der Waals surface area contributed by atoms with Gasteiger partial charge in [0, 0.05) is 18.5 Å². The van der Waals surface area contributed by atoms with Crippen LogP contribution < -0.4 is 14.9 Å². The molecule has 1 saturated heterocycles. The minimum absolute atomic E-state index is 0.153. The van der Waals surface area contributed by atoms with Crippen LogP contribution in [0.25, 0.3) is 11.0 Å². The molecule has 2 aromatic heterocycles. The van der Waals surface area contributed by atoms with Gasteiger partial charge in [0.25, 0.3) is 5.91 Å². The first-order valence-electron chi connectivity index (χ1n) is 13.1. The second kappa shape index (κ2) is 10.5. The zero-order chi connectivity index (χ0) is 28.7. The number of carbonyl (C=O) groups excluding carboxylic acids is 1. The number of rotatable bonds is 9. The van der Waals surface area contributed by atoms with Crippen molar-refractivity contribution in [1.29, 1.82) is 0 Å². The molecule has 1 aromatic carbocycles. The molecule has 0 unspecified atom stereocenters. The van der Waals surface area contributed by atoms with Crippen molar-refractivity contribution in [3.63, 3.8) is 0 Å². The SMILES string of the molecule is Cc1nn(CCC(F)(F)F)c2nc(NC(=O)c3ccc(NS(=O)(=O)CCO)cc3N3CCC4(CC3)CC4)ccc12. The van der Waals surface area contributed by atoms with E-state index >= 15 is 0 Å². The maximum Gasteiger partial charge on any atom is 0.390 e. The van der Waals surface area contributed by atoms with Crippen LogP contribution in [0, 0.1) is 12.3 Å². The van der Waals surface area contributed by atoms with Gasteiger partial charge in [-0.1, -0.05) is 0 Å². The van der Waals surface area contributed by atoms with Crippen LogP contribution in [0.3, 0.4) is 0 Å². The van der Waals surface area contributed by atoms with Crippen LogP contribution >= 0.6 is 0 Å². The Hall–Kier alpha value is -3.39. The predicted octanol–water partition coefficient (Wildman–Crippen LogP) is 4.06. The quantitative estimate of drug-likeness (QED) is 0.348. The third kappa shape index (κ3) is 6.33. The largest absolute Gasteiger partial charge is 0.395 e. The molecule has 1 aliphatic heterocycles. The molecule has 3 heterocycles. The Labute approximate surface area is 229 Å². The Morgan fingerprint density at radius 2 is 1.85 bits per heavy atom. The maximum atomic E-state index is 13.5. The molecule has 0 atom stereocenters. The van der Waals surface area contributed by atoms with Crippen molar-refractivity contribution in [2.45, 2.75) is 51.7 Å². The number of fused-ring (bicyclic) bond motifs is 1. The van der Waals surface area contributed by atoms with Crippen molar-refractivity contribution in [2.24, 2.45) is 5.41 Å². The van der Waals surface area contributed by atoms with E-state index in [1.54, 1.807) is 25.1 Å². The molecule has 3 aromatic rings. The number of aliphatic hydroxyl groups excluding tert-OH is 1. The number of sulfonamides is 1. The monoisotopic (exact) mass is 580 g/mol. The number of aliphatic hydroxyl groups is 1. The van der Waals surface area contributed by atoms with Crippen molar-refractivity contribution in [3.8, 4) is 0 Å². The van der Waals surface area contributed by atoms with Crippen LogP contribution in [0.4, 0.5) is 30.4 Å². The fourth-order valence-corrected chi connectivity index (χ4v) is 5.98. The van der Waals surface area contributed by atoms with Crippen molar-refractivity contribution >= 4 is 44.2 Å². The molecule has 10 nitrogen and oxygen atoms in total. The first-order valence-corrected chi connectivity index (χ1v) is 14.7. The first kappa shape index (κ1) is 28.1. The van der Waals surface area contributed by atoms with E-state index in [1.165, 1.54) is 29.7 Å². The van der Waals surface area contributed by atoms with E-state index in [-0.39, 0.29) is 17.2 Å². The number of hydrogen-bond acceptors (Lipinski definition) is 7. The van der Waals surface area contributed by atoms with E-state index in [0.29, 0.717) is 27.7 Å². The van der Waals surface area contributed by atoms with E-state index in [1.807, 2.05) is 0 Å².